The first kappa shape index (κ1) is 19.4. The number of benzene rings is 2. The number of hydrogen-bond donors (Lipinski definition) is 1. The fraction of sp³-hybridized carbons (Fsp3) is 0.250. The Morgan fingerprint density at radius 1 is 1.10 bits per heavy atom. The molecule has 6 nitrogen and oxygen atoms in total. The summed E-state index contributed by atoms with van der Waals surface area (Å²) < 4.78 is 31.3. The molecule has 158 valence electrons. The van der Waals surface area contributed by atoms with Gasteiger partial charge in [0.15, 0.2) is 5.54 Å². The van der Waals surface area contributed by atoms with Crippen LogP contribution in [0.5, 0.6) is 17.4 Å². The minimum absolute atomic E-state index is 0.0973. The molecule has 1 spiro atoms. The van der Waals surface area contributed by atoms with Gasteiger partial charge in [-0.1, -0.05) is 36.4 Å². The van der Waals surface area contributed by atoms with E-state index in [1.54, 1.807) is 6.07 Å². The van der Waals surface area contributed by atoms with Crippen LogP contribution < -0.4 is 15.2 Å². The molecule has 1 aromatic heterocycles. The molecule has 0 unspecified atom stereocenters. The monoisotopic (exact) mass is 419 g/mol. The maximum atomic E-state index is 13.9. The normalized spacial score (nSPS) is 19.1. The third kappa shape index (κ3) is 3.46. The topological polar surface area (TPSA) is 79.0 Å². The molecule has 5 rings (SSSR count). The molecule has 2 N–H and O–H groups in total. The summed E-state index contributed by atoms with van der Waals surface area (Å²) in [6, 6.07) is 17.9. The van der Waals surface area contributed by atoms with Crippen molar-refractivity contribution in [3.63, 3.8) is 0 Å². The Morgan fingerprint density at radius 3 is 2.61 bits per heavy atom. The summed E-state index contributed by atoms with van der Waals surface area (Å²) >= 11 is 0. The molecule has 0 saturated carbocycles. The van der Waals surface area contributed by atoms with Gasteiger partial charge in [-0.05, 0) is 43.2 Å². The lowest BCUT2D eigenvalue weighted by Gasteiger charge is -2.33. The van der Waals surface area contributed by atoms with E-state index in [1.807, 2.05) is 48.5 Å². The third-order valence-corrected chi connectivity index (χ3v) is 5.32. The van der Waals surface area contributed by atoms with Crippen LogP contribution in [0, 0.1) is 0 Å². The molecule has 3 aromatic rings. The van der Waals surface area contributed by atoms with E-state index in [1.165, 1.54) is 20.0 Å². The standard InChI is InChI=1S/C24H22FN3O3/c1-23(2,25)13-29-17-11-19-21(27-12-17)31-20-9-8-16(15-6-4-3-5-7-15)10-18(20)24(19)14-30-22(26)28-24/h3-12H,13-14H2,1-2H3,(H2,26,28)/t24-/m0/s1. The van der Waals surface area contributed by atoms with Gasteiger partial charge in [0.2, 0.25) is 5.88 Å². The molecule has 0 fully saturated rings. The van der Waals surface area contributed by atoms with Crippen LogP contribution in [0.4, 0.5) is 4.39 Å². The van der Waals surface area contributed by atoms with E-state index >= 15 is 0 Å². The highest BCUT2D eigenvalue weighted by molar-refractivity contribution is 5.77. The second-order valence-corrected chi connectivity index (χ2v) is 8.31. The Balaban J connectivity index is 1.63. The van der Waals surface area contributed by atoms with E-state index in [9.17, 15) is 4.39 Å². The predicted molar refractivity (Wildman–Crippen MR) is 115 cm³/mol. The number of fused-ring (bicyclic) bond motifs is 4. The molecule has 3 heterocycles. The largest absolute Gasteiger partial charge is 0.489 e. The minimum Gasteiger partial charge on any atom is -0.489 e. The maximum absolute atomic E-state index is 13.9. The van der Waals surface area contributed by atoms with Crippen molar-refractivity contribution in [1.29, 1.82) is 0 Å². The summed E-state index contributed by atoms with van der Waals surface area (Å²) in [5.74, 6) is 1.46. The van der Waals surface area contributed by atoms with Gasteiger partial charge >= 0.3 is 0 Å². The van der Waals surface area contributed by atoms with Crippen LogP contribution in [0.2, 0.25) is 0 Å². The van der Waals surface area contributed by atoms with Gasteiger partial charge in [-0.2, -0.15) is 0 Å². The number of pyridine rings is 1. The zero-order valence-corrected chi connectivity index (χ0v) is 17.3. The van der Waals surface area contributed by atoms with Crippen molar-refractivity contribution < 1.29 is 18.6 Å². The van der Waals surface area contributed by atoms with Crippen molar-refractivity contribution in [3.8, 4) is 28.5 Å². The lowest BCUT2D eigenvalue weighted by atomic mass is 9.81. The van der Waals surface area contributed by atoms with Crippen LogP contribution in [0.15, 0.2) is 65.8 Å². The molecule has 0 saturated heterocycles. The van der Waals surface area contributed by atoms with E-state index in [0.29, 0.717) is 22.9 Å². The van der Waals surface area contributed by atoms with Crippen LogP contribution in [-0.2, 0) is 10.3 Å². The number of hydrogen-bond acceptors (Lipinski definition) is 6. The Kier molecular flexibility index (Phi) is 4.36. The van der Waals surface area contributed by atoms with Crippen molar-refractivity contribution in [3.05, 3.63) is 71.9 Å². The number of alkyl halides is 1. The van der Waals surface area contributed by atoms with Crippen molar-refractivity contribution in [2.45, 2.75) is 25.1 Å². The van der Waals surface area contributed by atoms with Gasteiger partial charge < -0.3 is 19.9 Å². The molecule has 7 heteroatoms. The van der Waals surface area contributed by atoms with Crippen LogP contribution in [-0.4, -0.2) is 29.9 Å². The SMILES string of the molecule is CC(C)(F)COc1cnc2c(c1)[C@]1(COC(N)=N1)c1cc(-c3ccccc3)ccc1O2. The average Bonchev–Trinajstić information content (AvgIpc) is 3.15. The third-order valence-electron chi connectivity index (χ3n) is 5.32. The second-order valence-electron chi connectivity index (χ2n) is 8.31. The molecule has 0 amide bonds. The van der Waals surface area contributed by atoms with Gasteiger partial charge in [0.1, 0.15) is 30.4 Å². The van der Waals surface area contributed by atoms with Crippen LogP contribution >= 0.6 is 0 Å². The summed E-state index contributed by atoms with van der Waals surface area (Å²) in [7, 11) is 0. The van der Waals surface area contributed by atoms with Crippen LogP contribution in [0.25, 0.3) is 11.1 Å². The van der Waals surface area contributed by atoms with Crippen molar-refractivity contribution >= 4 is 6.02 Å². The first-order valence-corrected chi connectivity index (χ1v) is 10.0. The number of ether oxygens (including phenoxy) is 3. The molecule has 2 aliphatic heterocycles. The van der Waals surface area contributed by atoms with Crippen molar-refractivity contribution in [1.82, 2.24) is 4.98 Å². The van der Waals surface area contributed by atoms with Gasteiger partial charge in [0.25, 0.3) is 6.02 Å². The second kappa shape index (κ2) is 6.97. The highest BCUT2D eigenvalue weighted by Crippen LogP contribution is 2.51. The lowest BCUT2D eigenvalue weighted by molar-refractivity contribution is 0.120. The molecular formula is C24H22FN3O3. The summed E-state index contributed by atoms with van der Waals surface area (Å²) in [6.45, 7) is 3.03. The number of nitrogens with zero attached hydrogens (tertiary/aromatic N) is 2. The van der Waals surface area contributed by atoms with E-state index in [2.05, 4.69) is 9.98 Å². The average molecular weight is 419 g/mol. The lowest BCUT2D eigenvalue weighted by Crippen LogP contribution is -2.31. The molecule has 2 aliphatic rings. The first-order valence-electron chi connectivity index (χ1n) is 10.0. The van der Waals surface area contributed by atoms with Crippen LogP contribution in [0.1, 0.15) is 25.0 Å². The maximum Gasteiger partial charge on any atom is 0.283 e. The number of rotatable bonds is 4. The van der Waals surface area contributed by atoms with Crippen molar-refractivity contribution in [2.75, 3.05) is 13.2 Å². The molecular weight excluding hydrogens is 397 g/mol. The van der Waals surface area contributed by atoms with Crippen molar-refractivity contribution in [2.24, 2.45) is 10.7 Å². The number of amidine groups is 1. The zero-order valence-electron chi connectivity index (χ0n) is 17.3. The Labute approximate surface area is 179 Å². The summed E-state index contributed by atoms with van der Waals surface area (Å²) in [4.78, 5) is 9.08. The van der Waals surface area contributed by atoms with E-state index in [-0.39, 0.29) is 19.2 Å². The molecule has 31 heavy (non-hydrogen) atoms. The highest BCUT2D eigenvalue weighted by Gasteiger charge is 2.48. The van der Waals surface area contributed by atoms with E-state index in [0.717, 1.165) is 16.7 Å². The Morgan fingerprint density at radius 2 is 1.90 bits per heavy atom. The summed E-state index contributed by atoms with van der Waals surface area (Å²) in [5, 5.41) is 0. The van der Waals surface area contributed by atoms with Gasteiger partial charge in [-0.25, -0.2) is 14.4 Å². The van der Waals surface area contributed by atoms with Gasteiger partial charge in [-0.3, -0.25) is 0 Å². The van der Waals surface area contributed by atoms with E-state index in [4.69, 9.17) is 19.9 Å². The van der Waals surface area contributed by atoms with Gasteiger partial charge in [0, 0.05) is 5.56 Å². The Hall–Kier alpha value is -3.61. The number of nitrogens with two attached hydrogens (primary N) is 1. The number of halogens is 1. The summed E-state index contributed by atoms with van der Waals surface area (Å²) in [6.07, 6.45) is 1.52. The highest BCUT2D eigenvalue weighted by atomic mass is 19.1. The van der Waals surface area contributed by atoms with E-state index < -0.39 is 11.2 Å². The molecule has 1 atom stereocenters. The smallest absolute Gasteiger partial charge is 0.283 e. The quantitative estimate of drug-likeness (QED) is 0.670. The fourth-order valence-electron chi connectivity index (χ4n) is 3.85. The predicted octanol–water partition coefficient (Wildman–Crippen LogP) is 4.57. The van der Waals surface area contributed by atoms with Gasteiger partial charge in [-0.15, -0.1) is 0 Å². The zero-order chi connectivity index (χ0) is 21.6. The fourth-order valence-corrected chi connectivity index (χ4v) is 3.85. The molecule has 0 bridgehead atoms. The minimum atomic E-state index is -1.47. The molecule has 2 aromatic carbocycles. The van der Waals surface area contributed by atoms with Gasteiger partial charge in [0.05, 0.1) is 11.8 Å². The number of aliphatic imine (C=N–C) groups is 1. The first-order chi connectivity index (χ1) is 14.8. The van der Waals surface area contributed by atoms with Crippen LogP contribution in [0.3, 0.4) is 0 Å². The summed E-state index contributed by atoms with van der Waals surface area (Å²) in [5.41, 5.74) is 7.13. The molecule has 0 aliphatic carbocycles. The Bertz CT molecular complexity index is 1170. The molecule has 0 radical (unpaired) electrons. The number of aromatic nitrogens is 1.